The van der Waals surface area contributed by atoms with Gasteiger partial charge >= 0.3 is 0 Å². The number of ether oxygens (including phenoxy) is 2. The zero-order valence-electron chi connectivity index (χ0n) is 15.4. The van der Waals surface area contributed by atoms with Gasteiger partial charge in [0, 0.05) is 5.56 Å². The van der Waals surface area contributed by atoms with E-state index in [2.05, 4.69) is 22.6 Å². The van der Waals surface area contributed by atoms with Crippen LogP contribution >= 0.6 is 0 Å². The Hall–Kier alpha value is -3.42. The van der Waals surface area contributed by atoms with Gasteiger partial charge in [0.05, 0.1) is 6.61 Å². The van der Waals surface area contributed by atoms with E-state index in [1.165, 1.54) is 24.3 Å². The molecule has 0 radical (unpaired) electrons. The fourth-order valence-corrected chi connectivity index (χ4v) is 2.35. The molecule has 1 heterocycles. The van der Waals surface area contributed by atoms with Gasteiger partial charge in [-0.3, -0.25) is 4.79 Å². The molecule has 0 saturated carbocycles. The van der Waals surface area contributed by atoms with Crippen LogP contribution in [0.4, 0.5) is 10.2 Å². The second-order valence-electron chi connectivity index (χ2n) is 5.98. The highest BCUT2D eigenvalue weighted by Crippen LogP contribution is 2.26. The highest BCUT2D eigenvalue weighted by Gasteiger charge is 2.15. The molecule has 7 nitrogen and oxygen atoms in total. The maximum absolute atomic E-state index is 12.9. The zero-order chi connectivity index (χ0) is 19.8. The van der Waals surface area contributed by atoms with Crippen LogP contribution in [0.15, 0.2) is 53.2 Å². The van der Waals surface area contributed by atoms with Crippen molar-refractivity contribution in [3.8, 4) is 22.8 Å². The molecule has 0 atom stereocenters. The fraction of sp³-hybridized carbons (Fsp3) is 0.250. The van der Waals surface area contributed by atoms with Crippen LogP contribution in [0.1, 0.15) is 19.8 Å². The number of benzene rings is 2. The van der Waals surface area contributed by atoms with Crippen LogP contribution in [0.25, 0.3) is 11.3 Å². The lowest BCUT2D eigenvalue weighted by Gasteiger charge is -2.07. The Balaban J connectivity index is 1.58. The van der Waals surface area contributed by atoms with Gasteiger partial charge in [-0.1, -0.05) is 13.3 Å². The summed E-state index contributed by atoms with van der Waals surface area (Å²) in [6, 6.07) is 12.7. The third-order valence-corrected chi connectivity index (χ3v) is 3.82. The molecule has 2 aromatic carbocycles. The predicted octanol–water partition coefficient (Wildman–Crippen LogP) is 4.07. The van der Waals surface area contributed by atoms with E-state index in [1.54, 1.807) is 0 Å². The average Bonchev–Trinajstić information content (AvgIpc) is 3.16. The minimum absolute atomic E-state index is 0.187. The number of unbranched alkanes of at least 4 members (excludes halogenated alkanes) is 1. The lowest BCUT2D eigenvalue weighted by molar-refractivity contribution is -0.118. The van der Waals surface area contributed by atoms with Crippen molar-refractivity contribution in [3.63, 3.8) is 0 Å². The van der Waals surface area contributed by atoms with Gasteiger partial charge < -0.3 is 14.8 Å². The van der Waals surface area contributed by atoms with Gasteiger partial charge in [-0.15, -0.1) is 0 Å². The van der Waals surface area contributed by atoms with Crippen molar-refractivity contribution in [1.29, 1.82) is 0 Å². The van der Waals surface area contributed by atoms with Crippen molar-refractivity contribution in [2.45, 2.75) is 19.8 Å². The molecule has 8 heteroatoms. The van der Waals surface area contributed by atoms with E-state index in [9.17, 15) is 9.18 Å². The van der Waals surface area contributed by atoms with Crippen molar-refractivity contribution in [2.24, 2.45) is 0 Å². The van der Waals surface area contributed by atoms with Gasteiger partial charge in [0.15, 0.2) is 12.3 Å². The quantitative estimate of drug-likeness (QED) is 0.559. The molecular formula is C20H20FN3O4. The standard InChI is InChI=1S/C20H20FN3O4/c1-2-3-12-26-16-8-4-14(5-9-16)19-20(24-28-23-19)22-18(25)13-27-17-10-6-15(21)7-11-17/h4-11H,2-3,12-13H2,1H3,(H,22,24,25). The highest BCUT2D eigenvalue weighted by molar-refractivity contribution is 5.94. The Labute approximate surface area is 161 Å². The van der Waals surface area contributed by atoms with E-state index >= 15 is 0 Å². The topological polar surface area (TPSA) is 86.5 Å². The highest BCUT2D eigenvalue weighted by atomic mass is 19.1. The normalized spacial score (nSPS) is 10.5. The van der Waals surface area contributed by atoms with Gasteiger partial charge in [0.2, 0.25) is 5.82 Å². The van der Waals surface area contributed by atoms with Crippen molar-refractivity contribution < 1.29 is 23.3 Å². The summed E-state index contributed by atoms with van der Waals surface area (Å²) in [5, 5.41) is 10.2. The van der Waals surface area contributed by atoms with Crippen LogP contribution in [0, 0.1) is 5.82 Å². The lowest BCUT2D eigenvalue weighted by atomic mass is 10.1. The molecule has 0 fully saturated rings. The number of rotatable bonds is 9. The molecule has 1 aromatic heterocycles. The Morgan fingerprint density at radius 2 is 1.71 bits per heavy atom. The summed E-state index contributed by atoms with van der Waals surface area (Å²) in [4.78, 5) is 12.1. The number of amides is 1. The Morgan fingerprint density at radius 3 is 2.43 bits per heavy atom. The summed E-state index contributed by atoms with van der Waals surface area (Å²) in [6.07, 6.45) is 2.06. The van der Waals surface area contributed by atoms with Crippen molar-refractivity contribution in [2.75, 3.05) is 18.5 Å². The molecule has 1 N–H and O–H groups in total. The monoisotopic (exact) mass is 385 g/mol. The average molecular weight is 385 g/mol. The third kappa shape index (κ3) is 5.29. The van der Waals surface area contributed by atoms with Gasteiger partial charge in [-0.05, 0) is 65.3 Å². The van der Waals surface area contributed by atoms with Crippen molar-refractivity contribution >= 4 is 11.7 Å². The summed E-state index contributed by atoms with van der Waals surface area (Å²) in [6.45, 7) is 2.50. The van der Waals surface area contributed by atoms with Crippen molar-refractivity contribution in [1.82, 2.24) is 10.3 Å². The largest absolute Gasteiger partial charge is 0.494 e. The molecule has 0 saturated heterocycles. The summed E-state index contributed by atoms with van der Waals surface area (Å²) < 4.78 is 28.6. The molecule has 3 rings (SSSR count). The summed E-state index contributed by atoms with van der Waals surface area (Å²) in [5.74, 6) is 0.505. The summed E-state index contributed by atoms with van der Waals surface area (Å²) in [7, 11) is 0. The molecule has 3 aromatic rings. The number of nitrogens with zero attached hydrogens (tertiary/aromatic N) is 2. The number of carbonyl (C=O) groups excluding carboxylic acids is 1. The maximum atomic E-state index is 12.9. The number of hydrogen-bond acceptors (Lipinski definition) is 6. The van der Waals surface area contributed by atoms with Crippen LogP contribution < -0.4 is 14.8 Å². The van der Waals surface area contributed by atoms with E-state index < -0.39 is 5.91 Å². The van der Waals surface area contributed by atoms with Gasteiger partial charge in [-0.2, -0.15) is 0 Å². The Kier molecular flexibility index (Phi) is 6.56. The minimum Gasteiger partial charge on any atom is -0.494 e. The van der Waals surface area contributed by atoms with Crippen LogP contribution in [0.2, 0.25) is 0 Å². The molecule has 28 heavy (non-hydrogen) atoms. The SMILES string of the molecule is CCCCOc1ccc(-c2nonc2NC(=O)COc2ccc(F)cc2)cc1. The molecule has 0 aliphatic heterocycles. The van der Waals surface area contributed by atoms with E-state index in [1.807, 2.05) is 24.3 Å². The first-order chi connectivity index (χ1) is 13.7. The Morgan fingerprint density at radius 1 is 1.04 bits per heavy atom. The lowest BCUT2D eigenvalue weighted by Crippen LogP contribution is -2.20. The van der Waals surface area contributed by atoms with Crippen LogP contribution in [-0.4, -0.2) is 29.4 Å². The maximum Gasteiger partial charge on any atom is 0.263 e. The molecule has 1 amide bonds. The molecule has 0 bridgehead atoms. The van der Waals surface area contributed by atoms with Crippen LogP contribution in [0.5, 0.6) is 11.5 Å². The molecule has 0 unspecified atom stereocenters. The predicted molar refractivity (Wildman–Crippen MR) is 101 cm³/mol. The number of carbonyl (C=O) groups is 1. The van der Waals surface area contributed by atoms with E-state index in [0.29, 0.717) is 18.1 Å². The Bertz CT molecular complexity index is 895. The van der Waals surface area contributed by atoms with Gasteiger partial charge in [-0.25, -0.2) is 9.02 Å². The van der Waals surface area contributed by atoms with E-state index in [0.717, 1.165) is 24.2 Å². The van der Waals surface area contributed by atoms with E-state index in [4.69, 9.17) is 14.1 Å². The van der Waals surface area contributed by atoms with E-state index in [-0.39, 0.29) is 18.2 Å². The molecule has 0 aliphatic carbocycles. The molecule has 146 valence electrons. The zero-order valence-corrected chi connectivity index (χ0v) is 15.4. The van der Waals surface area contributed by atoms with Gasteiger partial charge in [0.1, 0.15) is 17.3 Å². The van der Waals surface area contributed by atoms with Crippen LogP contribution in [-0.2, 0) is 4.79 Å². The number of nitrogens with one attached hydrogen (secondary N) is 1. The smallest absolute Gasteiger partial charge is 0.263 e. The first kappa shape index (κ1) is 19.3. The number of hydrogen-bond donors (Lipinski definition) is 1. The summed E-state index contributed by atoms with van der Waals surface area (Å²) in [5.41, 5.74) is 1.12. The van der Waals surface area contributed by atoms with Gasteiger partial charge in [0.25, 0.3) is 5.91 Å². The molecule has 0 aliphatic rings. The molecule has 0 spiro atoms. The van der Waals surface area contributed by atoms with Crippen molar-refractivity contribution in [3.05, 3.63) is 54.3 Å². The second-order valence-corrected chi connectivity index (χ2v) is 5.98. The first-order valence-electron chi connectivity index (χ1n) is 8.89. The summed E-state index contributed by atoms with van der Waals surface area (Å²) >= 11 is 0. The molecular weight excluding hydrogens is 365 g/mol. The third-order valence-electron chi connectivity index (χ3n) is 3.82. The second kappa shape index (κ2) is 9.50. The number of halogens is 1. The van der Waals surface area contributed by atoms with Crippen LogP contribution in [0.3, 0.4) is 0 Å². The fourth-order valence-electron chi connectivity index (χ4n) is 2.35. The minimum atomic E-state index is -0.444. The first-order valence-corrected chi connectivity index (χ1v) is 8.89. The number of anilines is 1. The number of aromatic nitrogens is 2.